The van der Waals surface area contributed by atoms with Crippen LogP contribution < -0.4 is 14.8 Å². The summed E-state index contributed by atoms with van der Waals surface area (Å²) in [4.78, 5) is 0. The molecule has 4 aromatic carbocycles. The third-order valence-corrected chi connectivity index (χ3v) is 5.84. The van der Waals surface area contributed by atoms with Gasteiger partial charge >= 0.3 is 0 Å². The predicted molar refractivity (Wildman–Crippen MR) is 128 cm³/mol. The van der Waals surface area contributed by atoms with Gasteiger partial charge in [-0.1, -0.05) is 60.1 Å². The van der Waals surface area contributed by atoms with Crippen molar-refractivity contribution in [3.05, 3.63) is 106 Å². The first kappa shape index (κ1) is 22.1. The van der Waals surface area contributed by atoms with Crippen molar-refractivity contribution in [1.82, 2.24) is 5.32 Å². The van der Waals surface area contributed by atoms with Crippen LogP contribution in [0.4, 0.5) is 4.39 Å². The Labute approximate surface area is 192 Å². The van der Waals surface area contributed by atoms with Crippen molar-refractivity contribution < 1.29 is 13.9 Å². The maximum atomic E-state index is 14.2. The third-order valence-electron chi connectivity index (χ3n) is 5.48. The van der Waals surface area contributed by atoms with E-state index in [2.05, 4.69) is 29.6 Å². The highest BCUT2D eigenvalue weighted by molar-refractivity contribution is 6.31. The monoisotopic (exact) mass is 449 g/mol. The highest BCUT2D eigenvalue weighted by atomic mass is 35.5. The predicted octanol–water partition coefficient (Wildman–Crippen LogP) is 6.55. The van der Waals surface area contributed by atoms with Gasteiger partial charge in [-0.05, 0) is 59.6 Å². The Morgan fingerprint density at radius 2 is 1.69 bits per heavy atom. The van der Waals surface area contributed by atoms with Crippen LogP contribution in [0.3, 0.4) is 0 Å². The number of hydrogen-bond acceptors (Lipinski definition) is 3. The molecule has 0 fully saturated rings. The minimum absolute atomic E-state index is 0.0721. The van der Waals surface area contributed by atoms with E-state index >= 15 is 0 Å². The molecule has 5 heteroatoms. The van der Waals surface area contributed by atoms with Gasteiger partial charge in [-0.3, -0.25) is 0 Å². The average Bonchev–Trinajstić information content (AvgIpc) is 2.82. The number of rotatable bonds is 9. The molecule has 4 rings (SSSR count). The summed E-state index contributed by atoms with van der Waals surface area (Å²) < 4.78 is 25.4. The van der Waals surface area contributed by atoms with Crippen LogP contribution in [0.25, 0.3) is 10.8 Å². The molecule has 0 bridgehead atoms. The lowest BCUT2D eigenvalue weighted by atomic mass is 10.0. The maximum Gasteiger partial charge on any atom is 0.131 e. The van der Waals surface area contributed by atoms with Gasteiger partial charge in [-0.15, -0.1) is 0 Å². The number of benzene rings is 4. The second-order valence-corrected chi connectivity index (χ2v) is 7.93. The van der Waals surface area contributed by atoms with Crippen molar-refractivity contribution in [2.24, 2.45) is 0 Å². The third kappa shape index (κ3) is 5.21. The van der Waals surface area contributed by atoms with Crippen molar-refractivity contribution in [1.29, 1.82) is 0 Å². The fourth-order valence-electron chi connectivity index (χ4n) is 3.69. The number of ether oxygens (including phenoxy) is 2. The van der Waals surface area contributed by atoms with E-state index in [0.717, 1.165) is 40.8 Å². The Hall–Kier alpha value is -3.08. The summed E-state index contributed by atoms with van der Waals surface area (Å²) in [5.74, 6) is 1.21. The molecule has 0 amide bonds. The van der Waals surface area contributed by atoms with E-state index in [1.807, 2.05) is 36.4 Å². The second-order valence-electron chi connectivity index (χ2n) is 7.53. The number of methoxy groups -OCH3 is 1. The van der Waals surface area contributed by atoms with E-state index in [9.17, 15) is 4.39 Å². The minimum atomic E-state index is -0.363. The zero-order valence-corrected chi connectivity index (χ0v) is 18.7. The molecule has 164 valence electrons. The Bertz CT molecular complexity index is 1170. The Morgan fingerprint density at radius 3 is 2.47 bits per heavy atom. The van der Waals surface area contributed by atoms with E-state index in [1.54, 1.807) is 19.2 Å². The first-order valence-electron chi connectivity index (χ1n) is 10.6. The molecule has 4 aromatic rings. The Morgan fingerprint density at radius 1 is 0.875 bits per heavy atom. The molecular weight excluding hydrogens is 425 g/mol. The van der Waals surface area contributed by atoms with Crippen molar-refractivity contribution in [2.75, 3.05) is 13.7 Å². The zero-order valence-electron chi connectivity index (χ0n) is 17.9. The molecule has 0 unspecified atom stereocenters. The fourth-order valence-corrected chi connectivity index (χ4v) is 3.91. The zero-order chi connectivity index (χ0) is 22.3. The van der Waals surface area contributed by atoms with E-state index in [-0.39, 0.29) is 12.4 Å². The second kappa shape index (κ2) is 10.5. The van der Waals surface area contributed by atoms with Gasteiger partial charge in [0.05, 0.1) is 12.1 Å². The highest BCUT2D eigenvalue weighted by Crippen LogP contribution is 2.30. The number of fused-ring (bicyclic) bond motifs is 1. The number of halogens is 2. The minimum Gasteiger partial charge on any atom is -0.497 e. The molecule has 0 aliphatic rings. The molecule has 0 aromatic heterocycles. The van der Waals surface area contributed by atoms with E-state index < -0.39 is 0 Å². The molecule has 0 saturated heterocycles. The smallest absolute Gasteiger partial charge is 0.131 e. The maximum absolute atomic E-state index is 14.2. The molecule has 3 nitrogen and oxygen atoms in total. The van der Waals surface area contributed by atoms with Crippen molar-refractivity contribution in [3.63, 3.8) is 0 Å². The van der Waals surface area contributed by atoms with Gasteiger partial charge in [0.15, 0.2) is 0 Å². The van der Waals surface area contributed by atoms with Crippen LogP contribution >= 0.6 is 11.6 Å². The summed E-state index contributed by atoms with van der Waals surface area (Å²) in [6.07, 6.45) is 0.899. The van der Waals surface area contributed by atoms with Gasteiger partial charge < -0.3 is 14.8 Å². The van der Waals surface area contributed by atoms with Crippen molar-refractivity contribution in [3.8, 4) is 11.5 Å². The summed E-state index contributed by atoms with van der Waals surface area (Å²) in [7, 11) is 1.67. The van der Waals surface area contributed by atoms with Gasteiger partial charge in [-0.25, -0.2) is 4.39 Å². The van der Waals surface area contributed by atoms with Crippen LogP contribution in [0.5, 0.6) is 11.5 Å². The number of nitrogens with one attached hydrogen (secondary N) is 1. The van der Waals surface area contributed by atoms with Crippen molar-refractivity contribution in [2.45, 2.75) is 19.6 Å². The molecule has 0 heterocycles. The molecule has 0 atom stereocenters. The molecule has 1 N–H and O–H groups in total. The molecule has 0 aliphatic carbocycles. The fraction of sp³-hybridized carbons (Fsp3) is 0.185. The normalized spacial score (nSPS) is 11.0. The summed E-state index contributed by atoms with van der Waals surface area (Å²) in [6, 6.07) is 24.9. The van der Waals surface area contributed by atoms with Gasteiger partial charge in [0.2, 0.25) is 0 Å². The van der Waals surface area contributed by atoms with E-state index in [4.69, 9.17) is 21.1 Å². The lowest BCUT2D eigenvalue weighted by molar-refractivity contribution is 0.296. The summed E-state index contributed by atoms with van der Waals surface area (Å²) in [5, 5.41) is 6.13. The SMILES string of the molecule is COc1ccc(CCNCc2c(OCc3c(F)cccc3Cl)ccc3ccccc23)cc1. The van der Waals surface area contributed by atoms with Crippen LogP contribution in [0, 0.1) is 5.82 Å². The Kier molecular flexibility index (Phi) is 7.25. The van der Waals surface area contributed by atoms with Crippen LogP contribution in [-0.4, -0.2) is 13.7 Å². The Balaban J connectivity index is 1.48. The molecule has 0 spiro atoms. The molecular formula is C27H25ClFNO2. The van der Waals surface area contributed by atoms with Gasteiger partial charge in [0.1, 0.15) is 23.9 Å². The highest BCUT2D eigenvalue weighted by Gasteiger charge is 2.12. The summed E-state index contributed by atoms with van der Waals surface area (Å²) >= 11 is 6.17. The number of hydrogen-bond donors (Lipinski definition) is 1. The molecule has 0 radical (unpaired) electrons. The summed E-state index contributed by atoms with van der Waals surface area (Å²) in [5.41, 5.74) is 2.65. The largest absolute Gasteiger partial charge is 0.497 e. The van der Waals surface area contributed by atoms with Crippen LogP contribution in [0.15, 0.2) is 78.9 Å². The van der Waals surface area contributed by atoms with Crippen LogP contribution in [0.2, 0.25) is 5.02 Å². The van der Waals surface area contributed by atoms with Gasteiger partial charge in [0, 0.05) is 17.7 Å². The van der Waals surface area contributed by atoms with Gasteiger partial charge in [0.25, 0.3) is 0 Å². The molecule has 0 aliphatic heterocycles. The van der Waals surface area contributed by atoms with Crippen molar-refractivity contribution >= 4 is 22.4 Å². The van der Waals surface area contributed by atoms with Crippen LogP contribution in [-0.2, 0) is 19.6 Å². The topological polar surface area (TPSA) is 30.5 Å². The summed E-state index contributed by atoms with van der Waals surface area (Å²) in [6.45, 7) is 1.52. The van der Waals surface area contributed by atoms with E-state index in [0.29, 0.717) is 17.1 Å². The quantitative estimate of drug-likeness (QED) is 0.294. The van der Waals surface area contributed by atoms with Crippen LogP contribution in [0.1, 0.15) is 16.7 Å². The standard InChI is InChI=1S/C27H25ClFNO2/c1-31-21-12-9-19(10-13-21)15-16-30-17-23-22-6-3-2-5-20(22)11-14-27(23)32-18-24-25(28)7-4-8-26(24)29/h2-14,30H,15-18H2,1H3. The first-order chi connectivity index (χ1) is 15.7. The molecule has 32 heavy (non-hydrogen) atoms. The first-order valence-corrected chi connectivity index (χ1v) is 10.9. The van der Waals surface area contributed by atoms with Gasteiger partial charge in [-0.2, -0.15) is 0 Å². The lowest BCUT2D eigenvalue weighted by Crippen LogP contribution is -2.17. The lowest BCUT2D eigenvalue weighted by Gasteiger charge is -2.16. The molecule has 0 saturated carbocycles. The van der Waals surface area contributed by atoms with E-state index in [1.165, 1.54) is 11.6 Å². The average molecular weight is 450 g/mol.